The van der Waals surface area contributed by atoms with Gasteiger partial charge in [0, 0.05) is 6.20 Å². The fourth-order valence-corrected chi connectivity index (χ4v) is 1.76. The number of nitrogens with two attached hydrogens (primary N) is 1. The van der Waals surface area contributed by atoms with Crippen molar-refractivity contribution in [2.75, 3.05) is 0 Å². The molecule has 96 valence electrons. The van der Waals surface area contributed by atoms with Crippen LogP contribution in [0.4, 0.5) is 0 Å². The average Bonchev–Trinajstić information content (AvgIpc) is 2.77. The van der Waals surface area contributed by atoms with Crippen molar-refractivity contribution in [3.63, 3.8) is 0 Å². The molecule has 0 aliphatic heterocycles. The van der Waals surface area contributed by atoms with Crippen LogP contribution in [0.5, 0.6) is 0 Å². The second-order valence-electron chi connectivity index (χ2n) is 4.91. The highest BCUT2D eigenvalue weighted by atomic mass is 16.5. The Morgan fingerprint density at radius 1 is 1.39 bits per heavy atom. The molecule has 18 heavy (non-hydrogen) atoms. The minimum atomic E-state index is -0.212. The molecule has 2 rings (SSSR count). The summed E-state index contributed by atoms with van der Waals surface area (Å²) in [5.74, 6) is 1.46. The average molecular weight is 246 g/mol. The summed E-state index contributed by atoms with van der Waals surface area (Å²) >= 11 is 0. The van der Waals surface area contributed by atoms with Crippen molar-refractivity contribution in [2.24, 2.45) is 11.7 Å². The summed E-state index contributed by atoms with van der Waals surface area (Å²) in [6.45, 7) is 6.22. The van der Waals surface area contributed by atoms with Gasteiger partial charge in [-0.2, -0.15) is 4.98 Å². The molecule has 2 aromatic heterocycles. The molecule has 5 heteroatoms. The predicted molar refractivity (Wildman–Crippen MR) is 68.6 cm³/mol. The van der Waals surface area contributed by atoms with Crippen molar-refractivity contribution in [1.29, 1.82) is 0 Å². The minimum Gasteiger partial charge on any atom is -0.337 e. The Hall–Kier alpha value is -1.75. The standard InChI is InChI=1S/C13H18N4O/c1-8(2)6-10(14)13-16-12(17-18-13)11-7-9(3)4-5-15-11/h4-5,7-8,10H,6,14H2,1-3H3. The van der Waals surface area contributed by atoms with E-state index in [4.69, 9.17) is 10.3 Å². The van der Waals surface area contributed by atoms with Crippen molar-refractivity contribution < 1.29 is 4.52 Å². The van der Waals surface area contributed by atoms with E-state index in [1.54, 1.807) is 6.20 Å². The molecule has 2 N–H and O–H groups in total. The molecular weight excluding hydrogens is 228 g/mol. The van der Waals surface area contributed by atoms with E-state index in [0.29, 0.717) is 23.3 Å². The number of nitrogens with zero attached hydrogens (tertiary/aromatic N) is 3. The van der Waals surface area contributed by atoms with E-state index in [-0.39, 0.29) is 6.04 Å². The Morgan fingerprint density at radius 3 is 2.83 bits per heavy atom. The molecule has 2 heterocycles. The Morgan fingerprint density at radius 2 is 2.17 bits per heavy atom. The van der Waals surface area contributed by atoms with Gasteiger partial charge in [-0.05, 0) is 37.0 Å². The van der Waals surface area contributed by atoms with Gasteiger partial charge in [0.1, 0.15) is 5.69 Å². The van der Waals surface area contributed by atoms with Crippen molar-refractivity contribution in [3.05, 3.63) is 29.8 Å². The van der Waals surface area contributed by atoms with Gasteiger partial charge in [0.25, 0.3) is 0 Å². The smallest absolute Gasteiger partial charge is 0.243 e. The highest BCUT2D eigenvalue weighted by Gasteiger charge is 2.17. The first kappa shape index (κ1) is 12.7. The molecule has 2 aromatic rings. The summed E-state index contributed by atoms with van der Waals surface area (Å²) in [4.78, 5) is 8.53. The fraction of sp³-hybridized carbons (Fsp3) is 0.462. The quantitative estimate of drug-likeness (QED) is 0.896. The van der Waals surface area contributed by atoms with Gasteiger partial charge in [-0.1, -0.05) is 19.0 Å². The van der Waals surface area contributed by atoms with Crippen LogP contribution in [0, 0.1) is 12.8 Å². The van der Waals surface area contributed by atoms with Gasteiger partial charge in [0.15, 0.2) is 0 Å². The number of hydrogen-bond donors (Lipinski definition) is 1. The zero-order chi connectivity index (χ0) is 13.1. The van der Waals surface area contributed by atoms with E-state index in [9.17, 15) is 0 Å². The number of pyridine rings is 1. The van der Waals surface area contributed by atoms with E-state index < -0.39 is 0 Å². The van der Waals surface area contributed by atoms with Gasteiger partial charge >= 0.3 is 0 Å². The predicted octanol–water partition coefficient (Wildman–Crippen LogP) is 2.49. The number of rotatable bonds is 4. The lowest BCUT2D eigenvalue weighted by Crippen LogP contribution is -2.13. The first-order valence-electron chi connectivity index (χ1n) is 6.08. The Labute approximate surface area is 106 Å². The first-order valence-corrected chi connectivity index (χ1v) is 6.08. The molecule has 1 atom stereocenters. The second kappa shape index (κ2) is 5.27. The van der Waals surface area contributed by atoms with Crippen LogP contribution < -0.4 is 5.73 Å². The fourth-order valence-electron chi connectivity index (χ4n) is 1.76. The molecule has 0 aromatic carbocycles. The Kier molecular flexibility index (Phi) is 3.72. The molecule has 0 aliphatic carbocycles. The highest BCUT2D eigenvalue weighted by molar-refractivity contribution is 5.48. The molecule has 0 saturated heterocycles. The van der Waals surface area contributed by atoms with Gasteiger partial charge in [-0.15, -0.1) is 0 Å². The van der Waals surface area contributed by atoms with Gasteiger partial charge in [0.2, 0.25) is 11.7 Å². The maximum atomic E-state index is 6.00. The molecule has 0 radical (unpaired) electrons. The monoisotopic (exact) mass is 246 g/mol. The van der Waals surface area contributed by atoms with Gasteiger partial charge in [-0.3, -0.25) is 4.98 Å². The van der Waals surface area contributed by atoms with Crippen LogP contribution in [-0.4, -0.2) is 15.1 Å². The number of aryl methyl sites for hydroxylation is 1. The third-order valence-corrected chi connectivity index (χ3v) is 2.63. The summed E-state index contributed by atoms with van der Waals surface area (Å²) in [7, 11) is 0. The third kappa shape index (κ3) is 2.92. The van der Waals surface area contributed by atoms with E-state index in [2.05, 4.69) is 29.0 Å². The highest BCUT2D eigenvalue weighted by Crippen LogP contribution is 2.20. The zero-order valence-corrected chi connectivity index (χ0v) is 10.9. The molecule has 5 nitrogen and oxygen atoms in total. The van der Waals surface area contributed by atoms with E-state index in [1.165, 1.54) is 0 Å². The minimum absolute atomic E-state index is 0.212. The molecule has 0 fully saturated rings. The summed E-state index contributed by atoms with van der Waals surface area (Å²) in [5.41, 5.74) is 7.82. The van der Waals surface area contributed by atoms with Gasteiger partial charge < -0.3 is 10.3 Å². The van der Waals surface area contributed by atoms with E-state index >= 15 is 0 Å². The summed E-state index contributed by atoms with van der Waals surface area (Å²) < 4.78 is 5.20. The normalized spacial score (nSPS) is 12.9. The molecule has 0 amide bonds. The molecule has 0 bridgehead atoms. The van der Waals surface area contributed by atoms with E-state index in [1.807, 2.05) is 19.1 Å². The number of aromatic nitrogens is 3. The zero-order valence-electron chi connectivity index (χ0n) is 10.9. The molecular formula is C13H18N4O. The molecule has 0 spiro atoms. The second-order valence-corrected chi connectivity index (χ2v) is 4.91. The Bertz CT molecular complexity index is 521. The van der Waals surface area contributed by atoms with Crippen molar-refractivity contribution in [1.82, 2.24) is 15.1 Å². The number of hydrogen-bond acceptors (Lipinski definition) is 5. The lowest BCUT2D eigenvalue weighted by Gasteiger charge is -2.08. The first-order chi connectivity index (χ1) is 8.56. The van der Waals surface area contributed by atoms with Crippen LogP contribution in [0.15, 0.2) is 22.9 Å². The van der Waals surface area contributed by atoms with Gasteiger partial charge in [0.05, 0.1) is 6.04 Å². The SMILES string of the molecule is Cc1ccnc(-c2noc(C(N)CC(C)C)n2)c1. The van der Waals surface area contributed by atoms with Crippen LogP contribution >= 0.6 is 0 Å². The molecule has 1 unspecified atom stereocenters. The van der Waals surface area contributed by atoms with Crippen LogP contribution in [0.1, 0.15) is 37.8 Å². The largest absolute Gasteiger partial charge is 0.337 e. The van der Waals surface area contributed by atoms with E-state index in [0.717, 1.165) is 12.0 Å². The van der Waals surface area contributed by atoms with Crippen LogP contribution in [0.2, 0.25) is 0 Å². The maximum Gasteiger partial charge on any atom is 0.243 e. The summed E-state index contributed by atoms with van der Waals surface area (Å²) in [6, 6.07) is 3.63. The summed E-state index contributed by atoms with van der Waals surface area (Å²) in [5, 5.41) is 3.93. The van der Waals surface area contributed by atoms with Crippen molar-refractivity contribution >= 4 is 0 Å². The van der Waals surface area contributed by atoms with Crippen molar-refractivity contribution in [2.45, 2.75) is 33.2 Å². The van der Waals surface area contributed by atoms with Crippen LogP contribution in [0.25, 0.3) is 11.5 Å². The van der Waals surface area contributed by atoms with Gasteiger partial charge in [-0.25, -0.2) is 0 Å². The van der Waals surface area contributed by atoms with Crippen molar-refractivity contribution in [3.8, 4) is 11.5 Å². The Balaban J connectivity index is 2.20. The third-order valence-electron chi connectivity index (χ3n) is 2.63. The topological polar surface area (TPSA) is 77.8 Å². The lowest BCUT2D eigenvalue weighted by molar-refractivity contribution is 0.335. The maximum absolute atomic E-state index is 6.00. The van der Waals surface area contributed by atoms with Crippen LogP contribution in [0.3, 0.4) is 0 Å². The molecule has 0 aliphatic rings. The summed E-state index contributed by atoms with van der Waals surface area (Å²) in [6.07, 6.45) is 2.55. The van der Waals surface area contributed by atoms with Crippen LogP contribution in [-0.2, 0) is 0 Å². The lowest BCUT2D eigenvalue weighted by atomic mass is 10.0. The molecule has 0 saturated carbocycles.